The summed E-state index contributed by atoms with van der Waals surface area (Å²) in [5, 5.41) is 5.78. The monoisotopic (exact) mass is 532 g/mol. The number of anilines is 6. The second kappa shape index (κ2) is 10.6. The van der Waals surface area contributed by atoms with Crippen molar-refractivity contribution in [2.24, 2.45) is 0 Å². The van der Waals surface area contributed by atoms with E-state index in [1.54, 1.807) is 60.7 Å². The van der Waals surface area contributed by atoms with Gasteiger partial charge in [-0.25, -0.2) is 0 Å². The Balaban J connectivity index is 0.00000400. The van der Waals surface area contributed by atoms with Crippen LogP contribution in [0.15, 0.2) is 97.1 Å². The minimum absolute atomic E-state index is 0. The highest BCUT2D eigenvalue weighted by molar-refractivity contribution is 5.76. The third-order valence-corrected chi connectivity index (χ3v) is 5.93. The zero-order valence-corrected chi connectivity index (χ0v) is 19.2. The molecule has 0 unspecified atom stereocenters. The van der Waals surface area contributed by atoms with Crippen LogP contribution < -0.4 is 22.1 Å². The van der Waals surface area contributed by atoms with E-state index >= 15 is 0 Å². The second-order valence-electron chi connectivity index (χ2n) is 8.33. The topological polar surface area (TPSA) is 76.1 Å². The highest BCUT2D eigenvalue weighted by Gasteiger charge is 2.72. The van der Waals surface area contributed by atoms with Crippen molar-refractivity contribution in [1.29, 1.82) is 0 Å². The van der Waals surface area contributed by atoms with Crippen molar-refractivity contribution in [2.45, 2.75) is 25.2 Å². The van der Waals surface area contributed by atoms with Crippen molar-refractivity contribution < 1.29 is 26.3 Å². The van der Waals surface area contributed by atoms with Crippen molar-refractivity contribution in [3.8, 4) is 0 Å². The van der Waals surface area contributed by atoms with Gasteiger partial charge in [0.05, 0.1) is 22.7 Å². The summed E-state index contributed by atoms with van der Waals surface area (Å²) in [6.45, 7) is 0. The minimum Gasteiger partial charge on any atom is -0.397 e. The summed E-state index contributed by atoms with van der Waals surface area (Å²) in [5.74, 6) is 0. The third kappa shape index (κ3) is 5.20. The molecule has 200 valence electrons. The van der Waals surface area contributed by atoms with Crippen LogP contribution in [0.4, 0.5) is 60.5 Å². The molecule has 0 amide bonds. The molecular weight excluding hydrogens is 506 g/mol. The number of nitrogens with one attached hydrogen (secondary N) is 2. The SMILES string of the molecule is C.Nc1cc(C(c2ccc(Nc3ccccc3)c(N)c2)(C(F)(F)F)C(F)(F)F)ccc1Nc1ccccc1. The van der Waals surface area contributed by atoms with Gasteiger partial charge in [-0.1, -0.05) is 56.0 Å². The van der Waals surface area contributed by atoms with Gasteiger partial charge in [0.2, 0.25) is 5.41 Å². The summed E-state index contributed by atoms with van der Waals surface area (Å²) in [5.41, 5.74) is 6.23. The van der Waals surface area contributed by atoms with Gasteiger partial charge in [-0.2, -0.15) is 26.3 Å². The minimum atomic E-state index is -5.77. The maximum Gasteiger partial charge on any atom is 0.411 e. The largest absolute Gasteiger partial charge is 0.411 e. The fourth-order valence-corrected chi connectivity index (χ4v) is 4.16. The van der Waals surface area contributed by atoms with Crippen molar-refractivity contribution in [1.82, 2.24) is 0 Å². The molecule has 0 saturated heterocycles. The Morgan fingerprint density at radius 2 is 0.842 bits per heavy atom. The Hall–Kier alpha value is -4.34. The average Bonchev–Trinajstić information content (AvgIpc) is 2.82. The van der Waals surface area contributed by atoms with Crippen LogP contribution in [0.25, 0.3) is 0 Å². The van der Waals surface area contributed by atoms with Crippen molar-refractivity contribution in [3.63, 3.8) is 0 Å². The number of rotatable bonds is 6. The first-order valence-corrected chi connectivity index (χ1v) is 11.0. The molecular formula is C28H26F6N4. The Labute approximate surface area is 216 Å². The molecule has 6 N–H and O–H groups in total. The number of hydrogen-bond donors (Lipinski definition) is 4. The van der Waals surface area contributed by atoms with Gasteiger partial charge in [0.15, 0.2) is 0 Å². The van der Waals surface area contributed by atoms with E-state index in [4.69, 9.17) is 11.5 Å². The number of alkyl halides is 6. The van der Waals surface area contributed by atoms with Crippen LogP contribution >= 0.6 is 0 Å². The molecule has 0 aromatic heterocycles. The summed E-state index contributed by atoms with van der Waals surface area (Å²) < 4.78 is 87.4. The van der Waals surface area contributed by atoms with Gasteiger partial charge in [0.25, 0.3) is 0 Å². The number of para-hydroxylation sites is 2. The lowest BCUT2D eigenvalue weighted by Crippen LogP contribution is -2.54. The fourth-order valence-electron chi connectivity index (χ4n) is 4.16. The molecule has 38 heavy (non-hydrogen) atoms. The average molecular weight is 533 g/mol. The standard InChI is InChI=1S/C27H22F6N4.CH4/c28-26(29,30)25(27(31,32)33,17-11-13-23(21(34)15-17)36-19-7-3-1-4-8-19)18-12-14-24(22(35)16-18)37-20-9-5-2-6-10-20;/h1-16,36-37H,34-35H2;1H4. The van der Waals surface area contributed by atoms with Gasteiger partial charge in [-0.15, -0.1) is 0 Å². The summed E-state index contributed by atoms with van der Waals surface area (Å²) in [6, 6.07) is 22.2. The van der Waals surface area contributed by atoms with E-state index in [2.05, 4.69) is 10.6 Å². The highest BCUT2D eigenvalue weighted by Crippen LogP contribution is 2.57. The molecule has 4 rings (SSSR count). The van der Waals surface area contributed by atoms with Crippen LogP contribution in [0.1, 0.15) is 18.6 Å². The zero-order chi connectivity index (χ0) is 26.8. The predicted molar refractivity (Wildman–Crippen MR) is 141 cm³/mol. The lowest BCUT2D eigenvalue weighted by Gasteiger charge is -2.38. The Bertz CT molecular complexity index is 1260. The summed E-state index contributed by atoms with van der Waals surface area (Å²) in [6.07, 6.45) is -11.5. The van der Waals surface area contributed by atoms with Gasteiger partial charge < -0.3 is 22.1 Å². The zero-order valence-electron chi connectivity index (χ0n) is 19.2. The van der Waals surface area contributed by atoms with Gasteiger partial charge in [0.1, 0.15) is 0 Å². The van der Waals surface area contributed by atoms with Crippen LogP contribution in [0.3, 0.4) is 0 Å². The molecule has 0 spiro atoms. The first-order chi connectivity index (χ1) is 17.4. The molecule has 0 heterocycles. The molecule has 4 nitrogen and oxygen atoms in total. The second-order valence-corrected chi connectivity index (χ2v) is 8.33. The number of nitrogen functional groups attached to an aromatic ring is 2. The maximum absolute atomic E-state index is 14.6. The van der Waals surface area contributed by atoms with Crippen LogP contribution in [-0.4, -0.2) is 12.4 Å². The Kier molecular flexibility index (Phi) is 7.85. The molecule has 4 aromatic rings. The van der Waals surface area contributed by atoms with E-state index in [9.17, 15) is 26.3 Å². The fraction of sp³-hybridized carbons (Fsp3) is 0.143. The highest BCUT2D eigenvalue weighted by atomic mass is 19.4. The molecule has 0 aliphatic heterocycles. The molecule has 0 radical (unpaired) electrons. The van der Waals surface area contributed by atoms with E-state index in [0.29, 0.717) is 23.5 Å². The van der Waals surface area contributed by atoms with E-state index in [1.165, 1.54) is 0 Å². The van der Waals surface area contributed by atoms with E-state index in [1.807, 2.05) is 0 Å². The van der Waals surface area contributed by atoms with Gasteiger partial charge in [-0.05, 0) is 59.7 Å². The molecule has 0 aliphatic carbocycles. The number of halogens is 6. The smallest absolute Gasteiger partial charge is 0.397 e. The van der Waals surface area contributed by atoms with Crippen LogP contribution in [-0.2, 0) is 5.41 Å². The molecule has 10 heteroatoms. The van der Waals surface area contributed by atoms with E-state index in [0.717, 1.165) is 24.3 Å². The Morgan fingerprint density at radius 1 is 0.500 bits per heavy atom. The maximum atomic E-state index is 14.6. The first-order valence-electron chi connectivity index (χ1n) is 11.0. The quantitative estimate of drug-likeness (QED) is 0.149. The van der Waals surface area contributed by atoms with Gasteiger partial charge >= 0.3 is 12.4 Å². The lowest BCUT2D eigenvalue weighted by molar-refractivity contribution is -0.288. The van der Waals surface area contributed by atoms with Crippen LogP contribution in [0.5, 0.6) is 0 Å². The molecule has 0 atom stereocenters. The molecule has 0 fully saturated rings. The van der Waals surface area contributed by atoms with E-state index < -0.39 is 28.9 Å². The van der Waals surface area contributed by atoms with Crippen molar-refractivity contribution >= 4 is 34.1 Å². The molecule has 0 aliphatic rings. The van der Waals surface area contributed by atoms with Crippen molar-refractivity contribution in [2.75, 3.05) is 22.1 Å². The first kappa shape index (κ1) is 28.2. The van der Waals surface area contributed by atoms with Crippen LogP contribution in [0, 0.1) is 0 Å². The number of benzene rings is 4. The van der Waals surface area contributed by atoms with Crippen LogP contribution in [0.2, 0.25) is 0 Å². The summed E-state index contributed by atoms with van der Waals surface area (Å²) >= 11 is 0. The summed E-state index contributed by atoms with van der Waals surface area (Å²) in [7, 11) is 0. The van der Waals surface area contributed by atoms with Gasteiger partial charge in [-0.3, -0.25) is 0 Å². The predicted octanol–water partition coefficient (Wildman–Crippen LogP) is 8.39. The third-order valence-electron chi connectivity index (χ3n) is 5.93. The Morgan fingerprint density at radius 3 is 1.13 bits per heavy atom. The number of nitrogens with two attached hydrogens (primary N) is 2. The normalized spacial score (nSPS) is 11.9. The van der Waals surface area contributed by atoms with E-state index in [-0.39, 0.29) is 30.2 Å². The molecule has 0 bridgehead atoms. The molecule has 4 aromatic carbocycles. The lowest BCUT2D eigenvalue weighted by atomic mass is 9.72. The van der Waals surface area contributed by atoms with Crippen molar-refractivity contribution in [3.05, 3.63) is 108 Å². The number of hydrogen-bond acceptors (Lipinski definition) is 4. The van der Waals surface area contributed by atoms with Gasteiger partial charge in [0, 0.05) is 11.4 Å². The molecule has 0 saturated carbocycles. The summed E-state index contributed by atoms with van der Waals surface area (Å²) in [4.78, 5) is 0.